The lowest BCUT2D eigenvalue weighted by Crippen LogP contribution is -2.36. The molecule has 0 aliphatic carbocycles. The molecule has 0 fully saturated rings. The number of carbonyl (C=O) groups is 2. The zero-order valence-corrected chi connectivity index (χ0v) is 12.9. The quantitative estimate of drug-likeness (QED) is 0.823. The molecule has 1 amide bonds. The van der Waals surface area contributed by atoms with Gasteiger partial charge in [-0.15, -0.1) is 0 Å². The van der Waals surface area contributed by atoms with Crippen LogP contribution >= 0.6 is 15.9 Å². The minimum Gasteiger partial charge on any atom is -0.375 e. The summed E-state index contributed by atoms with van der Waals surface area (Å²) in [6, 6.07) is 10.4. The Bertz CT molecular complexity index is 793. The Labute approximate surface area is 134 Å². The van der Waals surface area contributed by atoms with E-state index in [1.54, 1.807) is 18.2 Å². The maximum absolute atomic E-state index is 13.7. The number of carbonyl (C=O) groups excluding carboxylic acids is 2. The third-order valence-electron chi connectivity index (χ3n) is 3.64. The summed E-state index contributed by atoms with van der Waals surface area (Å²) in [4.78, 5) is 24.4. The molecule has 6 heteroatoms. The molecule has 0 unspecified atom stereocenters. The molecule has 22 heavy (non-hydrogen) atoms. The van der Waals surface area contributed by atoms with E-state index in [9.17, 15) is 19.1 Å². The van der Waals surface area contributed by atoms with E-state index in [1.807, 2.05) is 0 Å². The van der Waals surface area contributed by atoms with Gasteiger partial charge >= 0.3 is 0 Å². The summed E-state index contributed by atoms with van der Waals surface area (Å²) in [6.45, 7) is 0. The molecule has 2 aromatic carbocycles. The molecule has 1 heterocycles. The zero-order valence-electron chi connectivity index (χ0n) is 11.3. The predicted molar refractivity (Wildman–Crippen MR) is 82.0 cm³/mol. The highest BCUT2D eigenvalue weighted by Gasteiger charge is 2.47. The Morgan fingerprint density at radius 3 is 2.73 bits per heavy atom. The maximum atomic E-state index is 13.7. The molecule has 1 aliphatic heterocycles. The average molecular weight is 364 g/mol. The number of fused-ring (bicyclic) bond motifs is 1. The Morgan fingerprint density at radius 1 is 1.27 bits per heavy atom. The zero-order chi connectivity index (χ0) is 15.9. The molecule has 0 radical (unpaired) electrons. The van der Waals surface area contributed by atoms with E-state index >= 15 is 0 Å². The summed E-state index contributed by atoms with van der Waals surface area (Å²) in [5.41, 5.74) is -1.40. The van der Waals surface area contributed by atoms with E-state index in [4.69, 9.17) is 0 Å². The summed E-state index contributed by atoms with van der Waals surface area (Å²) in [5, 5.41) is 13.2. The van der Waals surface area contributed by atoms with Crippen LogP contribution in [0, 0.1) is 5.82 Å². The largest absolute Gasteiger partial charge is 0.375 e. The fourth-order valence-corrected chi connectivity index (χ4v) is 2.87. The van der Waals surface area contributed by atoms with Crippen LogP contribution in [0.4, 0.5) is 10.1 Å². The van der Waals surface area contributed by atoms with E-state index < -0.39 is 29.5 Å². The Kier molecular flexibility index (Phi) is 3.58. The second-order valence-corrected chi connectivity index (χ2v) is 6.00. The van der Waals surface area contributed by atoms with Gasteiger partial charge < -0.3 is 10.4 Å². The third-order valence-corrected chi connectivity index (χ3v) is 4.13. The van der Waals surface area contributed by atoms with Crippen LogP contribution in [0.3, 0.4) is 0 Å². The number of Topliss-reactive ketones (excluding diaryl/α,β-unsaturated/α-hetero) is 1. The van der Waals surface area contributed by atoms with Gasteiger partial charge in [0.05, 0.1) is 12.0 Å². The van der Waals surface area contributed by atoms with Crippen molar-refractivity contribution in [2.24, 2.45) is 0 Å². The van der Waals surface area contributed by atoms with Crippen LogP contribution in [0.25, 0.3) is 0 Å². The molecule has 0 bridgehead atoms. The smallest absolute Gasteiger partial charge is 0.261 e. The summed E-state index contributed by atoms with van der Waals surface area (Å²) in [7, 11) is 0. The summed E-state index contributed by atoms with van der Waals surface area (Å²) < 4.78 is 14.4. The van der Waals surface area contributed by atoms with Crippen LogP contribution in [0.5, 0.6) is 0 Å². The number of ketones is 1. The molecule has 1 aliphatic rings. The van der Waals surface area contributed by atoms with Crippen LogP contribution in [-0.2, 0) is 10.4 Å². The van der Waals surface area contributed by atoms with Gasteiger partial charge in [-0.1, -0.05) is 28.1 Å². The van der Waals surface area contributed by atoms with Gasteiger partial charge in [0, 0.05) is 15.7 Å². The topological polar surface area (TPSA) is 66.4 Å². The molecule has 0 saturated heterocycles. The van der Waals surface area contributed by atoms with Crippen LogP contribution in [-0.4, -0.2) is 16.8 Å². The molecule has 3 rings (SSSR count). The minimum absolute atomic E-state index is 0.146. The number of anilines is 1. The summed E-state index contributed by atoms with van der Waals surface area (Å²) in [5.74, 6) is -2.00. The van der Waals surface area contributed by atoms with Crippen molar-refractivity contribution < 1.29 is 19.1 Å². The number of hydrogen-bond donors (Lipinski definition) is 2. The maximum Gasteiger partial charge on any atom is 0.261 e. The van der Waals surface area contributed by atoms with Gasteiger partial charge in [-0.2, -0.15) is 0 Å². The van der Waals surface area contributed by atoms with Gasteiger partial charge in [0.2, 0.25) is 0 Å². The van der Waals surface area contributed by atoms with Gasteiger partial charge in [-0.3, -0.25) is 9.59 Å². The average Bonchev–Trinajstić information content (AvgIpc) is 2.71. The second kappa shape index (κ2) is 5.30. The van der Waals surface area contributed by atoms with E-state index in [2.05, 4.69) is 21.2 Å². The Balaban J connectivity index is 1.98. The van der Waals surface area contributed by atoms with Crippen molar-refractivity contribution in [1.82, 2.24) is 0 Å². The van der Waals surface area contributed by atoms with Crippen molar-refractivity contribution in [3.05, 3.63) is 63.9 Å². The van der Waals surface area contributed by atoms with Crippen LogP contribution in [0.15, 0.2) is 46.9 Å². The van der Waals surface area contributed by atoms with Crippen LogP contribution in [0.1, 0.15) is 22.3 Å². The van der Waals surface area contributed by atoms with Crippen molar-refractivity contribution in [2.45, 2.75) is 12.0 Å². The molecule has 112 valence electrons. The fourth-order valence-electron chi connectivity index (χ4n) is 2.51. The first-order chi connectivity index (χ1) is 10.4. The predicted octanol–water partition coefficient (Wildman–Crippen LogP) is 3.00. The standard InChI is InChI=1S/C16H11BrFNO3/c17-9-5-6-13-11(7-9)16(22,15(21)19-13)8-14(20)10-3-1-2-4-12(10)18/h1-7,22H,8H2,(H,19,21)/t16-/m1/s1. The lowest BCUT2D eigenvalue weighted by atomic mass is 9.88. The molecule has 2 aromatic rings. The SMILES string of the molecule is O=C(C[C@]1(O)C(=O)Nc2ccc(Br)cc21)c1ccccc1F. The van der Waals surface area contributed by atoms with Crippen molar-refractivity contribution in [3.63, 3.8) is 0 Å². The highest BCUT2D eigenvalue weighted by molar-refractivity contribution is 9.10. The van der Waals surface area contributed by atoms with E-state index in [1.165, 1.54) is 18.2 Å². The molecule has 2 N–H and O–H groups in total. The normalized spacial score (nSPS) is 19.7. The molecule has 4 nitrogen and oxygen atoms in total. The van der Waals surface area contributed by atoms with Crippen molar-refractivity contribution in [1.29, 1.82) is 0 Å². The number of amides is 1. The monoisotopic (exact) mass is 363 g/mol. The number of rotatable bonds is 3. The van der Waals surface area contributed by atoms with E-state index in [-0.39, 0.29) is 5.56 Å². The highest BCUT2D eigenvalue weighted by atomic mass is 79.9. The van der Waals surface area contributed by atoms with Crippen LogP contribution in [0.2, 0.25) is 0 Å². The number of aliphatic hydroxyl groups is 1. The second-order valence-electron chi connectivity index (χ2n) is 5.08. The minimum atomic E-state index is -2.00. The van der Waals surface area contributed by atoms with E-state index in [0.717, 1.165) is 6.07 Å². The third kappa shape index (κ3) is 2.34. The molecular formula is C16H11BrFNO3. The first-order valence-electron chi connectivity index (χ1n) is 6.53. The van der Waals surface area contributed by atoms with Crippen molar-refractivity contribution in [3.8, 4) is 0 Å². The molecular weight excluding hydrogens is 353 g/mol. The summed E-state index contributed by atoms with van der Waals surface area (Å²) in [6.07, 6.45) is -0.525. The van der Waals surface area contributed by atoms with Gasteiger partial charge in [-0.25, -0.2) is 4.39 Å². The van der Waals surface area contributed by atoms with Gasteiger partial charge in [-0.05, 0) is 30.3 Å². The van der Waals surface area contributed by atoms with Gasteiger partial charge in [0.25, 0.3) is 5.91 Å². The lowest BCUT2D eigenvalue weighted by molar-refractivity contribution is -0.133. The van der Waals surface area contributed by atoms with Crippen molar-refractivity contribution in [2.75, 3.05) is 5.32 Å². The van der Waals surface area contributed by atoms with Gasteiger partial charge in [0.1, 0.15) is 5.82 Å². The molecule has 0 saturated carbocycles. The number of halogens is 2. The number of hydrogen-bond acceptors (Lipinski definition) is 3. The fraction of sp³-hybridized carbons (Fsp3) is 0.125. The summed E-state index contributed by atoms with van der Waals surface area (Å²) >= 11 is 3.26. The lowest BCUT2D eigenvalue weighted by Gasteiger charge is -2.20. The van der Waals surface area contributed by atoms with E-state index in [0.29, 0.717) is 15.7 Å². The molecule has 0 spiro atoms. The van der Waals surface area contributed by atoms with Crippen molar-refractivity contribution >= 4 is 33.3 Å². The van der Waals surface area contributed by atoms with Gasteiger partial charge in [0.15, 0.2) is 11.4 Å². The number of benzene rings is 2. The molecule has 0 aromatic heterocycles. The highest BCUT2D eigenvalue weighted by Crippen LogP contribution is 2.40. The Morgan fingerprint density at radius 2 is 2.00 bits per heavy atom. The van der Waals surface area contributed by atoms with Crippen LogP contribution < -0.4 is 5.32 Å². The Hall–Kier alpha value is -2.05. The first kappa shape index (κ1) is 14.9. The number of nitrogens with one attached hydrogen (secondary N) is 1. The molecule has 1 atom stereocenters. The first-order valence-corrected chi connectivity index (χ1v) is 7.33.